The molecule has 1 N–H and O–H groups in total. The van der Waals surface area contributed by atoms with Crippen molar-refractivity contribution < 1.29 is 0 Å². The van der Waals surface area contributed by atoms with E-state index in [1.165, 1.54) is 0 Å². The molecule has 1 fully saturated rings. The first-order chi connectivity index (χ1) is 11.8. The van der Waals surface area contributed by atoms with E-state index in [4.69, 9.17) is 0 Å². The molecule has 3 aromatic rings. The molecule has 0 amide bonds. The average Bonchev–Trinajstić information content (AvgIpc) is 3.20. The highest BCUT2D eigenvalue weighted by atomic mass is 32.1. The molecule has 7 nitrogen and oxygen atoms in total. The third kappa shape index (κ3) is 3.26. The van der Waals surface area contributed by atoms with Gasteiger partial charge in [-0.2, -0.15) is 0 Å². The standard InChI is InChI=1S/C16H21N7S/c1-21(9-10-22-7-5-17-6-8-22)16-20-23-12-14(19-15(23)24-16)13-3-2-4-18-11-13/h2-4,11-12,17H,5-10H2,1H3. The second-order valence-electron chi connectivity index (χ2n) is 5.99. The van der Waals surface area contributed by atoms with Crippen molar-refractivity contribution in [1.82, 2.24) is 29.8 Å². The lowest BCUT2D eigenvalue weighted by molar-refractivity contribution is 0.246. The Morgan fingerprint density at radius 2 is 2.21 bits per heavy atom. The zero-order chi connectivity index (χ0) is 16.4. The van der Waals surface area contributed by atoms with Crippen molar-refractivity contribution in [2.75, 3.05) is 51.2 Å². The van der Waals surface area contributed by atoms with Gasteiger partial charge in [-0.05, 0) is 12.1 Å². The molecule has 0 aromatic carbocycles. The number of hydrogen-bond acceptors (Lipinski definition) is 7. The summed E-state index contributed by atoms with van der Waals surface area (Å²) in [6.07, 6.45) is 5.56. The van der Waals surface area contributed by atoms with E-state index < -0.39 is 0 Å². The van der Waals surface area contributed by atoms with Crippen molar-refractivity contribution in [3.05, 3.63) is 30.7 Å². The maximum absolute atomic E-state index is 4.67. The van der Waals surface area contributed by atoms with Crippen LogP contribution < -0.4 is 10.2 Å². The van der Waals surface area contributed by atoms with E-state index in [0.717, 1.165) is 60.6 Å². The molecule has 1 aliphatic rings. The third-order valence-electron chi connectivity index (χ3n) is 4.28. The SMILES string of the molecule is CN(CCN1CCNCC1)c1nn2cc(-c3cccnc3)nc2s1. The number of nitrogens with zero attached hydrogens (tertiary/aromatic N) is 6. The molecule has 0 unspecified atom stereocenters. The predicted octanol–water partition coefficient (Wildman–Crippen LogP) is 1.19. The van der Waals surface area contributed by atoms with Gasteiger partial charge in [0.25, 0.3) is 0 Å². The Balaban J connectivity index is 1.44. The molecule has 0 spiro atoms. The van der Waals surface area contributed by atoms with Crippen LogP contribution in [0.5, 0.6) is 0 Å². The molecule has 126 valence electrons. The first kappa shape index (κ1) is 15.5. The number of imidazole rings is 1. The number of pyridine rings is 1. The fourth-order valence-corrected chi connectivity index (χ4v) is 3.69. The lowest BCUT2D eigenvalue weighted by Crippen LogP contribution is -2.46. The Bertz CT molecular complexity index is 760. The van der Waals surface area contributed by atoms with Gasteiger partial charge < -0.3 is 10.2 Å². The van der Waals surface area contributed by atoms with Gasteiger partial charge in [-0.15, -0.1) is 5.10 Å². The Hall–Kier alpha value is -2.03. The Labute approximate surface area is 144 Å². The van der Waals surface area contributed by atoms with Crippen LogP contribution in [0.1, 0.15) is 0 Å². The summed E-state index contributed by atoms with van der Waals surface area (Å²) in [4.78, 5) is 14.4. The molecular weight excluding hydrogens is 322 g/mol. The van der Waals surface area contributed by atoms with Crippen molar-refractivity contribution in [3.8, 4) is 11.3 Å². The molecule has 1 aliphatic heterocycles. The Morgan fingerprint density at radius 3 is 2.96 bits per heavy atom. The van der Waals surface area contributed by atoms with Crippen LogP contribution in [0, 0.1) is 0 Å². The van der Waals surface area contributed by atoms with Crippen LogP contribution in [-0.2, 0) is 0 Å². The van der Waals surface area contributed by atoms with Crippen LogP contribution in [0.4, 0.5) is 5.13 Å². The molecule has 3 aromatic heterocycles. The van der Waals surface area contributed by atoms with Gasteiger partial charge in [-0.1, -0.05) is 11.3 Å². The molecule has 4 heterocycles. The van der Waals surface area contributed by atoms with Crippen LogP contribution in [0.2, 0.25) is 0 Å². The van der Waals surface area contributed by atoms with Gasteiger partial charge in [-0.25, -0.2) is 9.50 Å². The van der Waals surface area contributed by atoms with Crippen LogP contribution in [0.25, 0.3) is 16.2 Å². The first-order valence-electron chi connectivity index (χ1n) is 8.20. The number of hydrogen-bond donors (Lipinski definition) is 1. The molecule has 1 saturated heterocycles. The molecule has 0 aliphatic carbocycles. The minimum absolute atomic E-state index is 0.914. The molecule has 4 rings (SSSR count). The van der Waals surface area contributed by atoms with Crippen molar-refractivity contribution in [1.29, 1.82) is 0 Å². The summed E-state index contributed by atoms with van der Waals surface area (Å²) >= 11 is 1.62. The van der Waals surface area contributed by atoms with Crippen molar-refractivity contribution in [2.45, 2.75) is 0 Å². The summed E-state index contributed by atoms with van der Waals surface area (Å²) in [7, 11) is 2.10. The largest absolute Gasteiger partial charge is 0.348 e. The smallest absolute Gasteiger partial charge is 0.214 e. The second-order valence-corrected chi connectivity index (χ2v) is 6.93. The molecule has 8 heteroatoms. The van der Waals surface area contributed by atoms with Crippen LogP contribution in [0.15, 0.2) is 30.7 Å². The molecule has 0 saturated carbocycles. The number of aromatic nitrogens is 4. The summed E-state index contributed by atoms with van der Waals surface area (Å²) in [6, 6.07) is 3.94. The fraction of sp³-hybridized carbons (Fsp3) is 0.438. The highest BCUT2D eigenvalue weighted by Gasteiger charge is 2.14. The second kappa shape index (κ2) is 6.84. The van der Waals surface area contributed by atoms with Crippen molar-refractivity contribution in [2.24, 2.45) is 0 Å². The Morgan fingerprint density at radius 1 is 1.33 bits per heavy atom. The van der Waals surface area contributed by atoms with Crippen LogP contribution in [0.3, 0.4) is 0 Å². The molecule has 0 atom stereocenters. The Kier molecular flexibility index (Phi) is 4.42. The van der Waals surface area contributed by atoms with Gasteiger partial charge in [0.2, 0.25) is 10.1 Å². The van der Waals surface area contributed by atoms with E-state index in [9.17, 15) is 0 Å². The van der Waals surface area contributed by atoms with E-state index in [2.05, 4.69) is 37.2 Å². The zero-order valence-electron chi connectivity index (χ0n) is 13.7. The van der Waals surface area contributed by atoms with Gasteiger partial charge >= 0.3 is 0 Å². The quantitative estimate of drug-likeness (QED) is 0.751. The summed E-state index contributed by atoms with van der Waals surface area (Å²) in [5.74, 6) is 0. The summed E-state index contributed by atoms with van der Waals surface area (Å²) < 4.78 is 1.86. The number of anilines is 1. The van der Waals surface area contributed by atoms with Gasteiger partial charge in [0.15, 0.2) is 0 Å². The lowest BCUT2D eigenvalue weighted by atomic mass is 10.2. The number of fused-ring (bicyclic) bond motifs is 1. The summed E-state index contributed by atoms with van der Waals surface area (Å²) in [6.45, 7) is 6.48. The maximum Gasteiger partial charge on any atom is 0.214 e. The average molecular weight is 343 g/mol. The maximum atomic E-state index is 4.67. The lowest BCUT2D eigenvalue weighted by Gasteiger charge is -2.28. The topological polar surface area (TPSA) is 61.6 Å². The van der Waals surface area contributed by atoms with E-state index in [1.807, 2.05) is 29.0 Å². The van der Waals surface area contributed by atoms with Crippen LogP contribution in [-0.4, -0.2) is 70.8 Å². The molecule has 24 heavy (non-hydrogen) atoms. The molecular formula is C16H21N7S. The predicted molar refractivity (Wildman–Crippen MR) is 96.7 cm³/mol. The third-order valence-corrected chi connectivity index (χ3v) is 5.31. The molecule has 0 radical (unpaired) electrons. The number of piperazine rings is 1. The fourth-order valence-electron chi connectivity index (χ4n) is 2.82. The summed E-state index contributed by atoms with van der Waals surface area (Å²) in [5, 5.41) is 9.06. The van der Waals surface area contributed by atoms with Crippen LogP contribution >= 0.6 is 11.3 Å². The number of likely N-dealkylation sites (N-methyl/N-ethyl adjacent to an activating group) is 1. The number of rotatable bonds is 5. The van der Waals surface area contributed by atoms with E-state index >= 15 is 0 Å². The van der Waals surface area contributed by atoms with Gasteiger partial charge in [0.1, 0.15) is 0 Å². The number of nitrogens with one attached hydrogen (secondary N) is 1. The normalized spacial score (nSPS) is 15.9. The zero-order valence-corrected chi connectivity index (χ0v) is 14.5. The minimum atomic E-state index is 0.914. The molecule has 0 bridgehead atoms. The van der Waals surface area contributed by atoms with E-state index in [-0.39, 0.29) is 0 Å². The van der Waals surface area contributed by atoms with E-state index in [1.54, 1.807) is 17.5 Å². The van der Waals surface area contributed by atoms with Gasteiger partial charge in [0, 0.05) is 64.3 Å². The van der Waals surface area contributed by atoms with Gasteiger partial charge in [0.05, 0.1) is 11.9 Å². The highest BCUT2D eigenvalue weighted by Crippen LogP contribution is 2.25. The van der Waals surface area contributed by atoms with Crippen molar-refractivity contribution in [3.63, 3.8) is 0 Å². The van der Waals surface area contributed by atoms with E-state index in [0.29, 0.717) is 0 Å². The van der Waals surface area contributed by atoms with Gasteiger partial charge in [-0.3, -0.25) is 9.88 Å². The first-order valence-corrected chi connectivity index (χ1v) is 9.02. The minimum Gasteiger partial charge on any atom is -0.348 e. The monoisotopic (exact) mass is 343 g/mol. The highest BCUT2D eigenvalue weighted by molar-refractivity contribution is 7.20. The van der Waals surface area contributed by atoms with Crippen molar-refractivity contribution >= 4 is 21.4 Å². The summed E-state index contributed by atoms with van der Waals surface area (Å²) in [5.41, 5.74) is 1.93.